The number of hydrogen-bond acceptors (Lipinski definition) is 8. The number of carbonyl (C=O) groups excluding carboxylic acids is 1. The molecule has 0 spiro atoms. The molecule has 1 saturated heterocycles. The van der Waals surface area contributed by atoms with E-state index in [2.05, 4.69) is 19.2 Å². The molecule has 54 heavy (non-hydrogen) atoms. The van der Waals surface area contributed by atoms with Crippen LogP contribution in [0.25, 0.3) is 0 Å². The number of rotatable bonds is 38. The maximum Gasteiger partial charge on any atom is 0.220 e. The average molecular weight is 770 g/mol. The quantitative estimate of drug-likeness (QED) is 0.0269. The number of carbonyl (C=O) groups is 1. The van der Waals surface area contributed by atoms with Crippen LogP contribution in [0.5, 0.6) is 0 Å². The molecule has 1 fully saturated rings. The second-order valence-electron chi connectivity index (χ2n) is 16.2. The lowest BCUT2D eigenvalue weighted by Crippen LogP contribution is -2.60. The van der Waals surface area contributed by atoms with Gasteiger partial charge in [0, 0.05) is 6.42 Å². The van der Waals surface area contributed by atoms with E-state index >= 15 is 0 Å². The van der Waals surface area contributed by atoms with Gasteiger partial charge in [-0.25, -0.2) is 0 Å². The third-order valence-electron chi connectivity index (χ3n) is 11.1. The van der Waals surface area contributed by atoms with Crippen molar-refractivity contribution in [1.29, 1.82) is 0 Å². The summed E-state index contributed by atoms with van der Waals surface area (Å²) in [6, 6.07) is -0.797. The Labute approximate surface area is 331 Å². The Morgan fingerprint density at radius 2 is 1.02 bits per heavy atom. The Bertz CT molecular complexity index is 858. The Morgan fingerprint density at radius 3 is 1.44 bits per heavy atom. The van der Waals surface area contributed by atoms with Crippen molar-refractivity contribution in [3.05, 3.63) is 12.2 Å². The summed E-state index contributed by atoms with van der Waals surface area (Å²) in [4.78, 5) is 12.9. The Kier molecular flexibility index (Phi) is 34.2. The third kappa shape index (κ3) is 26.7. The number of nitrogens with one attached hydrogen (secondary N) is 1. The number of aliphatic hydroxyl groups excluding tert-OH is 5. The zero-order valence-electron chi connectivity index (χ0n) is 35.0. The molecule has 1 aliphatic rings. The summed E-state index contributed by atoms with van der Waals surface area (Å²) in [6.45, 7) is 3.77. The maximum atomic E-state index is 12.9. The molecule has 0 bridgehead atoms. The zero-order chi connectivity index (χ0) is 39.5. The topological polar surface area (TPSA) is 149 Å². The van der Waals surface area contributed by atoms with Gasteiger partial charge in [0.2, 0.25) is 5.91 Å². The van der Waals surface area contributed by atoms with E-state index in [-0.39, 0.29) is 12.5 Å². The molecule has 0 aromatic carbocycles. The lowest BCUT2D eigenvalue weighted by molar-refractivity contribution is -0.302. The first-order valence-electron chi connectivity index (χ1n) is 22.9. The number of aliphatic hydroxyl groups is 5. The highest BCUT2D eigenvalue weighted by molar-refractivity contribution is 5.76. The molecule has 1 heterocycles. The van der Waals surface area contributed by atoms with Crippen molar-refractivity contribution >= 4 is 5.91 Å². The molecule has 9 heteroatoms. The van der Waals surface area contributed by atoms with Crippen molar-refractivity contribution < 1.29 is 39.8 Å². The minimum atomic E-state index is -1.56. The summed E-state index contributed by atoms with van der Waals surface area (Å²) in [5, 5.41) is 54.1. The Hall–Kier alpha value is -1.07. The molecule has 0 aromatic rings. The number of amides is 1. The van der Waals surface area contributed by atoms with Gasteiger partial charge in [-0.2, -0.15) is 0 Å². The first-order valence-corrected chi connectivity index (χ1v) is 22.9. The minimum absolute atomic E-state index is 0.175. The van der Waals surface area contributed by atoms with Gasteiger partial charge >= 0.3 is 0 Å². The molecule has 7 atom stereocenters. The van der Waals surface area contributed by atoms with Crippen LogP contribution in [-0.4, -0.2) is 87.5 Å². The van der Waals surface area contributed by atoms with E-state index in [1.54, 1.807) is 6.08 Å². The van der Waals surface area contributed by atoms with Gasteiger partial charge in [-0.3, -0.25) is 4.79 Å². The molecule has 0 aromatic heterocycles. The van der Waals surface area contributed by atoms with Crippen LogP contribution in [0.4, 0.5) is 0 Å². The third-order valence-corrected chi connectivity index (χ3v) is 11.1. The predicted octanol–water partition coefficient (Wildman–Crippen LogP) is 9.34. The van der Waals surface area contributed by atoms with Crippen molar-refractivity contribution in [2.24, 2.45) is 0 Å². The van der Waals surface area contributed by atoms with E-state index in [1.807, 2.05) is 6.08 Å². The lowest BCUT2D eigenvalue weighted by atomic mass is 9.99. The normalized spacial score (nSPS) is 21.5. The van der Waals surface area contributed by atoms with Crippen molar-refractivity contribution in [3.63, 3.8) is 0 Å². The van der Waals surface area contributed by atoms with Crippen LogP contribution >= 0.6 is 0 Å². The van der Waals surface area contributed by atoms with Gasteiger partial charge in [-0.15, -0.1) is 0 Å². The highest BCUT2D eigenvalue weighted by Crippen LogP contribution is 2.23. The number of unbranched alkanes of at least 4 members (excludes halogenated alkanes) is 28. The molecule has 0 radical (unpaired) electrons. The second-order valence-corrected chi connectivity index (χ2v) is 16.2. The van der Waals surface area contributed by atoms with Gasteiger partial charge in [0.05, 0.1) is 25.4 Å². The highest BCUT2D eigenvalue weighted by atomic mass is 16.7. The number of allylic oxidation sites excluding steroid dienone is 1. The molecule has 0 aliphatic carbocycles. The summed E-state index contributed by atoms with van der Waals surface area (Å²) in [6.07, 6.45) is 34.0. The molecule has 1 rings (SSSR count). The Morgan fingerprint density at radius 1 is 0.611 bits per heavy atom. The summed E-state index contributed by atoms with van der Waals surface area (Å²) in [7, 11) is 0. The molecule has 6 N–H and O–H groups in total. The van der Waals surface area contributed by atoms with Crippen molar-refractivity contribution in [2.75, 3.05) is 13.2 Å². The largest absolute Gasteiger partial charge is 0.394 e. The van der Waals surface area contributed by atoms with Crippen LogP contribution in [0.2, 0.25) is 0 Å². The standard InChI is InChI=1S/C45H87NO8/c1-3-5-7-9-11-13-15-16-17-18-19-20-21-22-23-25-27-29-31-33-35-41(49)46-38(37-53-45-44(52)43(51)42(50)40(36-47)54-45)39(48)34-32-30-28-26-24-14-12-10-8-6-4-2/h32,34,38-40,42-45,47-48,50-52H,3-31,33,35-37H2,1-2H3,(H,46,49)/b34-32+/t38-,39+,40+,42-,43?,44?,45+/m0/s1. The predicted molar refractivity (Wildman–Crippen MR) is 221 cm³/mol. The zero-order valence-corrected chi connectivity index (χ0v) is 35.0. The molecular weight excluding hydrogens is 682 g/mol. The van der Waals surface area contributed by atoms with Gasteiger partial charge in [-0.1, -0.05) is 199 Å². The monoisotopic (exact) mass is 770 g/mol. The van der Waals surface area contributed by atoms with Crippen LogP contribution in [0.1, 0.15) is 213 Å². The molecular formula is C45H87NO8. The van der Waals surface area contributed by atoms with Crippen molar-refractivity contribution in [1.82, 2.24) is 5.32 Å². The number of hydrogen-bond donors (Lipinski definition) is 6. The van der Waals surface area contributed by atoms with Crippen LogP contribution in [-0.2, 0) is 14.3 Å². The second kappa shape index (κ2) is 36.3. The van der Waals surface area contributed by atoms with Gasteiger partial charge in [0.15, 0.2) is 6.29 Å². The molecule has 320 valence electrons. The van der Waals surface area contributed by atoms with Crippen molar-refractivity contribution in [2.45, 2.75) is 256 Å². The lowest BCUT2D eigenvalue weighted by Gasteiger charge is -2.40. The van der Waals surface area contributed by atoms with E-state index in [0.717, 1.165) is 38.5 Å². The fourth-order valence-corrected chi connectivity index (χ4v) is 7.39. The minimum Gasteiger partial charge on any atom is -0.394 e. The molecule has 0 saturated carbocycles. The maximum absolute atomic E-state index is 12.9. The number of ether oxygens (including phenoxy) is 2. The van der Waals surface area contributed by atoms with Crippen LogP contribution in [0.15, 0.2) is 12.2 Å². The van der Waals surface area contributed by atoms with E-state index in [1.165, 1.54) is 154 Å². The SMILES string of the molecule is CCCCCCCCCCC/C=C/[C@@H](O)[C@H](CO[C@@H]1O[C@H](CO)[C@H](O)C(O)C1O)NC(=O)CCCCCCCCCCCCCCCCCCCCCC. The average Bonchev–Trinajstić information content (AvgIpc) is 3.17. The summed E-state index contributed by atoms with van der Waals surface area (Å²) in [5.41, 5.74) is 0. The summed E-state index contributed by atoms with van der Waals surface area (Å²) < 4.78 is 11.2. The van der Waals surface area contributed by atoms with E-state index in [9.17, 15) is 30.3 Å². The van der Waals surface area contributed by atoms with Gasteiger partial charge < -0.3 is 40.3 Å². The summed E-state index contributed by atoms with van der Waals surface area (Å²) in [5.74, 6) is -0.175. The van der Waals surface area contributed by atoms with Crippen LogP contribution < -0.4 is 5.32 Å². The smallest absolute Gasteiger partial charge is 0.220 e. The van der Waals surface area contributed by atoms with E-state index < -0.39 is 49.5 Å². The van der Waals surface area contributed by atoms with Gasteiger partial charge in [0.25, 0.3) is 0 Å². The van der Waals surface area contributed by atoms with E-state index in [0.29, 0.717) is 6.42 Å². The Balaban J connectivity index is 2.29. The fourth-order valence-electron chi connectivity index (χ4n) is 7.39. The van der Waals surface area contributed by atoms with Gasteiger partial charge in [0.1, 0.15) is 24.4 Å². The first kappa shape index (κ1) is 50.9. The molecule has 1 aliphatic heterocycles. The highest BCUT2D eigenvalue weighted by Gasteiger charge is 2.44. The molecule has 1 amide bonds. The fraction of sp³-hybridized carbons (Fsp3) is 0.933. The van der Waals surface area contributed by atoms with Gasteiger partial charge in [-0.05, 0) is 19.3 Å². The van der Waals surface area contributed by atoms with Crippen LogP contribution in [0.3, 0.4) is 0 Å². The van der Waals surface area contributed by atoms with Crippen molar-refractivity contribution in [3.8, 4) is 0 Å². The summed E-state index contributed by atoms with van der Waals surface area (Å²) >= 11 is 0. The van der Waals surface area contributed by atoms with E-state index in [4.69, 9.17) is 9.47 Å². The first-order chi connectivity index (χ1) is 26.3. The van der Waals surface area contributed by atoms with Crippen LogP contribution in [0, 0.1) is 0 Å². The molecule has 9 nitrogen and oxygen atoms in total. The molecule has 2 unspecified atom stereocenters.